The Hall–Kier alpha value is -2.08. The van der Waals surface area contributed by atoms with E-state index in [1.807, 2.05) is 32.0 Å². The van der Waals surface area contributed by atoms with Gasteiger partial charge in [0.25, 0.3) is 5.91 Å². The van der Waals surface area contributed by atoms with Gasteiger partial charge in [0.2, 0.25) is 5.91 Å². The van der Waals surface area contributed by atoms with E-state index in [1.54, 1.807) is 0 Å². The first kappa shape index (κ1) is 14.8. The highest BCUT2D eigenvalue weighted by Crippen LogP contribution is 2.27. The maximum Gasteiger partial charge on any atom is 0.251 e. The van der Waals surface area contributed by atoms with Gasteiger partial charge in [0.05, 0.1) is 5.69 Å². The molecule has 1 aliphatic carbocycles. The summed E-state index contributed by atoms with van der Waals surface area (Å²) >= 11 is 5.20. The molecule has 1 saturated heterocycles. The maximum absolute atomic E-state index is 12.7. The Morgan fingerprint density at radius 3 is 2.73 bits per heavy atom. The first-order chi connectivity index (χ1) is 10.5. The smallest absolute Gasteiger partial charge is 0.251 e. The van der Waals surface area contributed by atoms with E-state index in [0.29, 0.717) is 5.69 Å². The zero-order chi connectivity index (χ0) is 15.9. The first-order valence-corrected chi connectivity index (χ1v) is 7.67. The van der Waals surface area contributed by atoms with Crippen LogP contribution in [0.3, 0.4) is 0 Å². The second kappa shape index (κ2) is 5.61. The highest BCUT2D eigenvalue weighted by molar-refractivity contribution is 7.80. The average molecular weight is 315 g/mol. The second-order valence-electron chi connectivity index (χ2n) is 5.76. The van der Waals surface area contributed by atoms with E-state index in [4.69, 9.17) is 12.2 Å². The zero-order valence-electron chi connectivity index (χ0n) is 12.5. The Labute approximate surface area is 134 Å². The minimum atomic E-state index is -0.910. The number of nitrogens with zero attached hydrogens (tertiary/aromatic N) is 2. The molecular formula is C16H17N3O2S. The minimum absolute atomic E-state index is 0.125. The summed E-state index contributed by atoms with van der Waals surface area (Å²) in [5.41, 5.74) is 2.66. The third kappa shape index (κ3) is 2.78. The molecule has 0 radical (unpaired) electrons. The van der Waals surface area contributed by atoms with Crippen molar-refractivity contribution in [2.45, 2.75) is 32.7 Å². The molecule has 1 saturated carbocycles. The molecule has 2 amide bonds. The fourth-order valence-corrected chi connectivity index (χ4v) is 2.63. The van der Waals surface area contributed by atoms with Gasteiger partial charge < -0.3 is 5.32 Å². The third-order valence-electron chi connectivity index (χ3n) is 3.80. The van der Waals surface area contributed by atoms with E-state index in [1.165, 1.54) is 11.1 Å². The molecule has 2 aliphatic rings. The van der Waals surface area contributed by atoms with Crippen molar-refractivity contribution in [3.05, 3.63) is 29.3 Å². The Kier molecular flexibility index (Phi) is 3.78. The number of amides is 2. The predicted octanol–water partition coefficient (Wildman–Crippen LogP) is 1.90. The van der Waals surface area contributed by atoms with Crippen molar-refractivity contribution in [1.29, 1.82) is 0 Å². The lowest BCUT2D eigenvalue weighted by Gasteiger charge is -2.32. The number of anilines is 1. The molecule has 0 unspecified atom stereocenters. The topological polar surface area (TPSA) is 61.8 Å². The van der Waals surface area contributed by atoms with Crippen molar-refractivity contribution < 1.29 is 9.59 Å². The van der Waals surface area contributed by atoms with E-state index in [-0.39, 0.29) is 17.1 Å². The number of hydrogen-bond donors (Lipinski definition) is 1. The van der Waals surface area contributed by atoms with E-state index >= 15 is 0 Å². The summed E-state index contributed by atoms with van der Waals surface area (Å²) < 4.78 is 0. The molecule has 1 N–H and O–H groups in total. The Balaban J connectivity index is 1.95. The van der Waals surface area contributed by atoms with E-state index in [0.717, 1.165) is 24.0 Å². The van der Waals surface area contributed by atoms with Crippen LogP contribution in [0.1, 0.15) is 24.0 Å². The molecule has 114 valence electrons. The van der Waals surface area contributed by atoms with Crippen LogP contribution in [0.2, 0.25) is 0 Å². The van der Waals surface area contributed by atoms with E-state index in [2.05, 4.69) is 10.3 Å². The SMILES string of the molecule is Cc1ccc(C)c(N2C(=O)[C@@H](C=NC3CC3)C(=O)NC2=S)c1. The van der Waals surface area contributed by atoms with E-state index < -0.39 is 11.8 Å². The number of nitrogens with one attached hydrogen (secondary N) is 1. The van der Waals surface area contributed by atoms with Crippen molar-refractivity contribution in [1.82, 2.24) is 5.32 Å². The van der Waals surface area contributed by atoms with Gasteiger partial charge in [-0.15, -0.1) is 0 Å². The second-order valence-corrected chi connectivity index (χ2v) is 6.15. The molecule has 1 aliphatic heterocycles. The third-order valence-corrected chi connectivity index (χ3v) is 4.09. The normalized spacial score (nSPS) is 22.4. The maximum atomic E-state index is 12.7. The zero-order valence-corrected chi connectivity index (χ0v) is 13.3. The van der Waals surface area contributed by atoms with Gasteiger partial charge in [-0.1, -0.05) is 12.1 Å². The van der Waals surface area contributed by atoms with Gasteiger partial charge in [0.1, 0.15) is 0 Å². The summed E-state index contributed by atoms with van der Waals surface area (Å²) in [5, 5.41) is 2.73. The van der Waals surface area contributed by atoms with Gasteiger partial charge in [0, 0.05) is 12.3 Å². The Morgan fingerprint density at radius 1 is 1.32 bits per heavy atom. The van der Waals surface area contributed by atoms with Crippen LogP contribution >= 0.6 is 12.2 Å². The van der Waals surface area contributed by atoms with Crippen molar-refractivity contribution in [3.8, 4) is 0 Å². The molecule has 0 bridgehead atoms. The van der Waals surface area contributed by atoms with Gasteiger partial charge in [-0.3, -0.25) is 19.5 Å². The molecule has 1 atom stereocenters. The van der Waals surface area contributed by atoms with Crippen LogP contribution < -0.4 is 10.2 Å². The summed E-state index contributed by atoms with van der Waals surface area (Å²) in [6, 6.07) is 6.07. The van der Waals surface area contributed by atoms with Crippen molar-refractivity contribution in [2.75, 3.05) is 4.90 Å². The molecule has 0 aromatic heterocycles. The monoisotopic (exact) mass is 315 g/mol. The number of thiocarbonyl (C=S) groups is 1. The fraction of sp³-hybridized carbons (Fsp3) is 0.375. The van der Waals surface area contributed by atoms with Crippen LogP contribution in [0, 0.1) is 19.8 Å². The summed E-state index contributed by atoms with van der Waals surface area (Å²) in [7, 11) is 0. The van der Waals surface area contributed by atoms with Crippen LogP contribution in [-0.4, -0.2) is 29.2 Å². The quantitative estimate of drug-likeness (QED) is 0.526. The Bertz CT molecular complexity index is 695. The largest absolute Gasteiger partial charge is 0.301 e. The number of carbonyl (C=O) groups excluding carboxylic acids is 2. The number of aryl methyl sites for hydroxylation is 2. The molecule has 6 heteroatoms. The number of carbonyl (C=O) groups is 2. The van der Waals surface area contributed by atoms with Crippen LogP contribution in [0.15, 0.2) is 23.2 Å². The molecule has 22 heavy (non-hydrogen) atoms. The van der Waals surface area contributed by atoms with Gasteiger partial charge in [-0.05, 0) is 56.1 Å². The van der Waals surface area contributed by atoms with Crippen molar-refractivity contribution in [3.63, 3.8) is 0 Å². The lowest BCUT2D eigenvalue weighted by atomic mass is 10.0. The van der Waals surface area contributed by atoms with Crippen molar-refractivity contribution in [2.24, 2.45) is 10.9 Å². The van der Waals surface area contributed by atoms with Crippen LogP contribution in [0.5, 0.6) is 0 Å². The first-order valence-electron chi connectivity index (χ1n) is 7.26. The standard InChI is InChI=1S/C16H17N3O2S/c1-9-3-4-10(2)13(7-9)19-15(21)12(8-17-11-5-6-11)14(20)18-16(19)22/h3-4,7-8,11-12H,5-6H2,1-2H3,(H,18,20,22)/t12-/m0/s1. The van der Waals surface area contributed by atoms with E-state index in [9.17, 15) is 9.59 Å². The number of benzene rings is 1. The minimum Gasteiger partial charge on any atom is -0.301 e. The van der Waals surface area contributed by atoms with Crippen LogP contribution in [-0.2, 0) is 9.59 Å². The summed E-state index contributed by atoms with van der Waals surface area (Å²) in [4.78, 5) is 30.5. The lowest BCUT2D eigenvalue weighted by molar-refractivity contribution is -0.130. The van der Waals surface area contributed by atoms with Gasteiger partial charge in [0.15, 0.2) is 11.0 Å². The Morgan fingerprint density at radius 2 is 2.05 bits per heavy atom. The predicted molar refractivity (Wildman–Crippen MR) is 89.1 cm³/mol. The molecule has 1 heterocycles. The molecule has 2 fully saturated rings. The highest BCUT2D eigenvalue weighted by Gasteiger charge is 2.39. The van der Waals surface area contributed by atoms with Gasteiger partial charge in [-0.2, -0.15) is 0 Å². The fourth-order valence-electron chi connectivity index (χ4n) is 2.34. The van der Waals surface area contributed by atoms with Gasteiger partial charge in [-0.25, -0.2) is 0 Å². The summed E-state index contributed by atoms with van der Waals surface area (Å²) in [6.07, 6.45) is 3.52. The van der Waals surface area contributed by atoms with Crippen LogP contribution in [0.25, 0.3) is 0 Å². The average Bonchev–Trinajstić information content (AvgIpc) is 3.26. The molecule has 3 rings (SSSR count). The molecule has 1 aromatic carbocycles. The summed E-state index contributed by atoms with van der Waals surface area (Å²) in [5.74, 6) is -1.65. The molecule has 1 aromatic rings. The van der Waals surface area contributed by atoms with Gasteiger partial charge >= 0.3 is 0 Å². The molecule has 5 nitrogen and oxygen atoms in total. The van der Waals surface area contributed by atoms with Crippen LogP contribution in [0.4, 0.5) is 5.69 Å². The number of aliphatic imine (C=N–C) groups is 1. The lowest BCUT2D eigenvalue weighted by Crippen LogP contribution is -2.58. The van der Waals surface area contributed by atoms with Crippen molar-refractivity contribution >= 4 is 41.0 Å². The number of hydrogen-bond acceptors (Lipinski definition) is 4. The number of rotatable bonds is 3. The summed E-state index contributed by atoms with van der Waals surface area (Å²) in [6.45, 7) is 3.86. The molecular weight excluding hydrogens is 298 g/mol. The molecule has 0 spiro atoms. The highest BCUT2D eigenvalue weighted by atomic mass is 32.1.